The largest absolute Gasteiger partial charge is 0.416 e. The number of carbonyl (C=O) groups excluding carboxylic acids is 1. The van der Waals surface area contributed by atoms with Gasteiger partial charge in [0.15, 0.2) is 0 Å². The molecule has 6 nitrogen and oxygen atoms in total. The van der Waals surface area contributed by atoms with Crippen LogP contribution in [0.5, 0.6) is 0 Å². The van der Waals surface area contributed by atoms with Gasteiger partial charge in [0.2, 0.25) is 15.9 Å². The highest BCUT2D eigenvalue weighted by Crippen LogP contribution is 2.34. The normalized spacial score (nSPS) is 19.0. The number of carbonyl (C=O) groups is 1. The molecule has 1 amide bonds. The molecule has 1 aliphatic heterocycles. The summed E-state index contributed by atoms with van der Waals surface area (Å²) in [5.74, 6) is 0.0692. The van der Waals surface area contributed by atoms with Gasteiger partial charge in [-0.05, 0) is 91.6 Å². The number of aryl methyl sites for hydroxylation is 1. The fourth-order valence-electron chi connectivity index (χ4n) is 6.20. The number of likely N-dealkylation sites (tertiary alicyclic amines) is 1. The molecule has 1 saturated heterocycles. The van der Waals surface area contributed by atoms with Crippen molar-refractivity contribution in [1.29, 1.82) is 0 Å². The molecular formula is C33H38F3N3O3S. The molecule has 10 heteroatoms. The maximum Gasteiger partial charge on any atom is 0.416 e. The molecule has 3 aromatic rings. The second-order valence-electron chi connectivity index (χ2n) is 11.7. The van der Waals surface area contributed by atoms with E-state index < -0.39 is 32.7 Å². The minimum absolute atomic E-state index is 0.198. The number of halogens is 3. The number of nitrogens with zero attached hydrogens (tertiary/aromatic N) is 1. The highest BCUT2D eigenvalue weighted by molar-refractivity contribution is 7.89. The van der Waals surface area contributed by atoms with Gasteiger partial charge in [-0.3, -0.25) is 4.79 Å². The third kappa shape index (κ3) is 7.85. The van der Waals surface area contributed by atoms with Crippen LogP contribution in [0, 0.1) is 0 Å². The fraction of sp³-hybridized carbons (Fsp3) is 0.424. The molecule has 0 bridgehead atoms. The lowest BCUT2D eigenvalue weighted by Gasteiger charge is -2.29. The zero-order valence-corrected chi connectivity index (χ0v) is 25.1. The molecule has 3 aromatic carbocycles. The van der Waals surface area contributed by atoms with Gasteiger partial charge in [0.05, 0.1) is 22.5 Å². The Hall–Kier alpha value is -3.21. The maximum absolute atomic E-state index is 13.4. The van der Waals surface area contributed by atoms with Crippen molar-refractivity contribution < 1.29 is 26.4 Å². The van der Waals surface area contributed by atoms with E-state index in [1.807, 2.05) is 0 Å². The standard InChI is InChI=1S/C33H38F3N3O3S/c1-23(22-39-17-5-6-18-39)25-15-16-29-26(19-25)11-7-14-30(29)37-32(40)21-31(24-9-3-2-4-10-24)38-43(41,42)28-13-8-12-27(20-28)33(34,35)36/h2-4,8-10,12-13,15-16,19-20,23,30-31,38H,5-7,11,14,17-18,21-22H2,1H3,(H,37,40)/t23-,30-,31-/m1/s1. The first-order valence-electron chi connectivity index (χ1n) is 14.9. The Morgan fingerprint density at radius 1 is 0.953 bits per heavy atom. The molecule has 5 rings (SSSR count). The Morgan fingerprint density at radius 2 is 1.70 bits per heavy atom. The van der Waals surface area contributed by atoms with E-state index in [1.54, 1.807) is 30.3 Å². The van der Waals surface area contributed by atoms with E-state index in [1.165, 1.54) is 24.0 Å². The van der Waals surface area contributed by atoms with E-state index in [0.29, 0.717) is 17.5 Å². The topological polar surface area (TPSA) is 78.5 Å². The molecule has 0 saturated carbocycles. The summed E-state index contributed by atoms with van der Waals surface area (Å²) in [5, 5.41) is 3.11. The second-order valence-corrected chi connectivity index (χ2v) is 13.4. The molecule has 0 spiro atoms. The summed E-state index contributed by atoms with van der Waals surface area (Å²) in [7, 11) is -4.37. The molecular weight excluding hydrogens is 575 g/mol. The number of amides is 1. The van der Waals surface area contributed by atoms with Gasteiger partial charge in [0.1, 0.15) is 0 Å². The lowest BCUT2D eigenvalue weighted by atomic mass is 9.84. The number of fused-ring (bicyclic) bond motifs is 1. The zero-order valence-electron chi connectivity index (χ0n) is 24.2. The third-order valence-electron chi connectivity index (χ3n) is 8.48. The van der Waals surface area contributed by atoms with Gasteiger partial charge in [-0.15, -0.1) is 0 Å². The van der Waals surface area contributed by atoms with Gasteiger partial charge in [-0.2, -0.15) is 13.2 Å². The lowest BCUT2D eigenvalue weighted by Crippen LogP contribution is -2.36. The summed E-state index contributed by atoms with van der Waals surface area (Å²) < 4.78 is 68.7. The van der Waals surface area contributed by atoms with Crippen molar-refractivity contribution >= 4 is 15.9 Å². The minimum Gasteiger partial charge on any atom is -0.349 e. The SMILES string of the molecule is C[C@H](CN1CCCC1)c1ccc2c(c1)CCC[C@H]2NC(=O)C[C@@H](NS(=O)(=O)c1cccc(C(F)(F)F)c1)c1ccccc1. The van der Waals surface area contributed by atoms with Crippen LogP contribution in [-0.2, 0) is 27.4 Å². The molecule has 230 valence electrons. The van der Waals surface area contributed by atoms with Crippen molar-refractivity contribution in [3.63, 3.8) is 0 Å². The molecule has 2 N–H and O–H groups in total. The van der Waals surface area contributed by atoms with E-state index in [0.717, 1.165) is 62.7 Å². The first-order chi connectivity index (χ1) is 20.5. The summed E-state index contributed by atoms with van der Waals surface area (Å²) >= 11 is 0. The molecule has 1 fully saturated rings. The smallest absolute Gasteiger partial charge is 0.349 e. The predicted molar refractivity (Wildman–Crippen MR) is 160 cm³/mol. The summed E-state index contributed by atoms with van der Waals surface area (Å²) in [6.45, 7) is 5.61. The van der Waals surface area contributed by atoms with E-state index >= 15 is 0 Å². The van der Waals surface area contributed by atoms with E-state index in [9.17, 15) is 26.4 Å². The van der Waals surface area contributed by atoms with Gasteiger partial charge in [-0.1, -0.05) is 61.5 Å². The van der Waals surface area contributed by atoms with Crippen LogP contribution in [0.2, 0.25) is 0 Å². The first-order valence-corrected chi connectivity index (χ1v) is 16.4. The highest BCUT2D eigenvalue weighted by Gasteiger charge is 2.33. The molecule has 2 aliphatic rings. The van der Waals surface area contributed by atoms with Gasteiger partial charge in [-0.25, -0.2) is 13.1 Å². The predicted octanol–water partition coefficient (Wildman–Crippen LogP) is 6.51. The average molecular weight is 614 g/mol. The molecule has 1 aliphatic carbocycles. The third-order valence-corrected chi connectivity index (χ3v) is 9.95. The van der Waals surface area contributed by atoms with Crippen LogP contribution >= 0.6 is 0 Å². The van der Waals surface area contributed by atoms with Crippen LogP contribution in [0.1, 0.15) is 84.8 Å². The van der Waals surface area contributed by atoms with Crippen molar-refractivity contribution in [2.45, 2.75) is 74.5 Å². The summed E-state index contributed by atoms with van der Waals surface area (Å²) in [5.41, 5.74) is 3.08. The van der Waals surface area contributed by atoms with Gasteiger partial charge < -0.3 is 10.2 Å². The van der Waals surface area contributed by atoms with Gasteiger partial charge >= 0.3 is 6.18 Å². The monoisotopic (exact) mass is 613 g/mol. The van der Waals surface area contributed by atoms with Crippen molar-refractivity contribution in [3.05, 3.63) is 101 Å². The molecule has 43 heavy (non-hydrogen) atoms. The number of hydrogen-bond acceptors (Lipinski definition) is 4. The Labute approximate surface area is 251 Å². The van der Waals surface area contributed by atoms with Crippen LogP contribution in [0.25, 0.3) is 0 Å². The van der Waals surface area contributed by atoms with Crippen LogP contribution < -0.4 is 10.0 Å². The summed E-state index contributed by atoms with van der Waals surface area (Å²) in [6, 6.07) is 17.5. The van der Waals surface area contributed by atoms with Gasteiger partial charge in [0, 0.05) is 13.0 Å². The number of rotatable bonds is 10. The van der Waals surface area contributed by atoms with E-state index in [-0.39, 0.29) is 18.4 Å². The van der Waals surface area contributed by atoms with Crippen LogP contribution in [-0.4, -0.2) is 38.9 Å². The molecule has 3 atom stereocenters. The lowest BCUT2D eigenvalue weighted by molar-refractivity contribution is -0.137. The highest BCUT2D eigenvalue weighted by atomic mass is 32.2. The number of benzene rings is 3. The maximum atomic E-state index is 13.4. The number of sulfonamides is 1. The molecule has 1 heterocycles. The molecule has 0 radical (unpaired) electrons. The Morgan fingerprint density at radius 3 is 2.42 bits per heavy atom. The van der Waals surface area contributed by atoms with E-state index in [4.69, 9.17) is 0 Å². The Balaban J connectivity index is 1.30. The van der Waals surface area contributed by atoms with Gasteiger partial charge in [0.25, 0.3) is 0 Å². The Bertz CT molecular complexity index is 1520. The number of alkyl halides is 3. The zero-order chi connectivity index (χ0) is 30.6. The van der Waals surface area contributed by atoms with Crippen molar-refractivity contribution in [1.82, 2.24) is 14.9 Å². The fourth-order valence-corrected chi connectivity index (χ4v) is 7.46. The second kappa shape index (κ2) is 13.2. The van der Waals surface area contributed by atoms with Crippen molar-refractivity contribution in [2.75, 3.05) is 19.6 Å². The quantitative estimate of drug-likeness (QED) is 0.273. The first kappa shape index (κ1) is 31.2. The van der Waals surface area contributed by atoms with E-state index in [2.05, 4.69) is 40.1 Å². The number of nitrogens with one attached hydrogen (secondary N) is 2. The van der Waals surface area contributed by atoms with Crippen LogP contribution in [0.4, 0.5) is 13.2 Å². The molecule has 0 aromatic heterocycles. The van der Waals surface area contributed by atoms with Crippen LogP contribution in [0.15, 0.2) is 77.7 Å². The van der Waals surface area contributed by atoms with Crippen molar-refractivity contribution in [3.8, 4) is 0 Å². The molecule has 0 unspecified atom stereocenters. The summed E-state index contributed by atoms with van der Waals surface area (Å²) in [4.78, 5) is 15.4. The average Bonchev–Trinajstić information content (AvgIpc) is 3.50. The van der Waals surface area contributed by atoms with Crippen LogP contribution in [0.3, 0.4) is 0 Å². The minimum atomic E-state index is -4.69. The van der Waals surface area contributed by atoms with Crippen molar-refractivity contribution in [2.24, 2.45) is 0 Å². The summed E-state index contributed by atoms with van der Waals surface area (Å²) in [6.07, 6.45) is 0.257. The Kier molecular flexibility index (Phi) is 9.58. The number of hydrogen-bond donors (Lipinski definition) is 2.